The zero-order valence-corrected chi connectivity index (χ0v) is 13.7. The van der Waals surface area contributed by atoms with E-state index in [2.05, 4.69) is 20.0 Å². The van der Waals surface area contributed by atoms with Crippen molar-refractivity contribution in [3.8, 4) is 0 Å². The maximum Gasteiger partial charge on any atom is 0.422 e. The highest BCUT2D eigenvalue weighted by atomic mass is 19.4. The van der Waals surface area contributed by atoms with E-state index >= 15 is 0 Å². The minimum Gasteiger partial charge on any atom is -0.440 e. The summed E-state index contributed by atoms with van der Waals surface area (Å²) >= 11 is 0. The number of pyridine rings is 1. The molecule has 2 aromatic rings. The number of ether oxygens (including phenoxy) is 1. The number of halogens is 3. The summed E-state index contributed by atoms with van der Waals surface area (Å²) < 4.78 is 41.0. The number of nitrogens with zero attached hydrogens (tertiary/aromatic N) is 2. The van der Waals surface area contributed by atoms with Crippen LogP contribution >= 0.6 is 0 Å². The Morgan fingerprint density at radius 1 is 1.48 bits per heavy atom. The van der Waals surface area contributed by atoms with Crippen molar-refractivity contribution < 1.29 is 22.7 Å². The molecule has 9 heteroatoms. The monoisotopic (exact) mass is 356 g/mol. The van der Waals surface area contributed by atoms with E-state index in [-0.39, 0.29) is 12.5 Å². The van der Waals surface area contributed by atoms with E-state index < -0.39 is 18.9 Å². The number of aromatic nitrogens is 2. The van der Waals surface area contributed by atoms with Gasteiger partial charge in [0.25, 0.3) is 0 Å². The minimum absolute atomic E-state index is 0.0754. The molecule has 0 saturated carbocycles. The van der Waals surface area contributed by atoms with E-state index in [4.69, 9.17) is 0 Å². The van der Waals surface area contributed by atoms with Gasteiger partial charge in [-0.1, -0.05) is 0 Å². The summed E-state index contributed by atoms with van der Waals surface area (Å²) in [6.07, 6.45) is -1.17. The molecule has 1 unspecified atom stereocenters. The fourth-order valence-corrected chi connectivity index (χ4v) is 3.06. The summed E-state index contributed by atoms with van der Waals surface area (Å²) in [5, 5.41) is 4.30. The Hall–Kier alpha value is -2.45. The number of alkyl halides is 3. The molecule has 1 aliphatic rings. The number of fused-ring (bicyclic) bond motifs is 3. The van der Waals surface area contributed by atoms with Crippen molar-refractivity contribution in [2.75, 3.05) is 31.6 Å². The molecule has 6 nitrogen and oxygen atoms in total. The number of carbonyl (C=O) groups excluding carboxylic acids is 1. The molecule has 0 aromatic carbocycles. The second-order valence-electron chi connectivity index (χ2n) is 6.05. The fraction of sp³-hybridized carbons (Fsp3) is 0.500. The fourth-order valence-electron chi connectivity index (χ4n) is 3.06. The van der Waals surface area contributed by atoms with E-state index in [1.54, 1.807) is 13.1 Å². The van der Waals surface area contributed by atoms with Gasteiger partial charge in [-0.15, -0.1) is 0 Å². The van der Waals surface area contributed by atoms with E-state index in [0.29, 0.717) is 19.5 Å². The molecule has 0 spiro atoms. The number of aromatic amines is 1. The third-order valence-corrected chi connectivity index (χ3v) is 4.25. The van der Waals surface area contributed by atoms with Crippen molar-refractivity contribution in [3.63, 3.8) is 0 Å². The number of hydrogen-bond donors (Lipinski definition) is 2. The number of amides is 1. The molecule has 1 amide bonds. The van der Waals surface area contributed by atoms with E-state index in [0.717, 1.165) is 22.3 Å². The summed E-state index contributed by atoms with van der Waals surface area (Å²) in [6, 6.07) is 1.94. The van der Waals surface area contributed by atoms with Crippen molar-refractivity contribution in [3.05, 3.63) is 24.0 Å². The number of nitrogens with one attached hydrogen (secondary N) is 2. The molecule has 0 fully saturated rings. The molecular weight excluding hydrogens is 337 g/mol. The number of anilines is 1. The van der Waals surface area contributed by atoms with Gasteiger partial charge in [0, 0.05) is 31.2 Å². The Kier molecular flexibility index (Phi) is 4.73. The number of H-pyrrole nitrogens is 1. The summed E-state index contributed by atoms with van der Waals surface area (Å²) in [6.45, 7) is 1.38. The largest absolute Gasteiger partial charge is 0.440 e. The predicted octanol–water partition coefficient (Wildman–Crippen LogP) is 3.17. The summed E-state index contributed by atoms with van der Waals surface area (Å²) in [4.78, 5) is 20.6. The number of hydrogen-bond acceptors (Lipinski definition) is 4. The molecule has 3 rings (SSSR count). The zero-order valence-electron chi connectivity index (χ0n) is 13.7. The highest BCUT2D eigenvalue weighted by Gasteiger charge is 2.31. The van der Waals surface area contributed by atoms with E-state index in [1.807, 2.05) is 12.3 Å². The van der Waals surface area contributed by atoms with Crippen LogP contribution < -0.4 is 5.32 Å². The first kappa shape index (κ1) is 17.4. The second-order valence-corrected chi connectivity index (χ2v) is 6.05. The van der Waals surface area contributed by atoms with Gasteiger partial charge in [-0.05, 0) is 30.9 Å². The van der Waals surface area contributed by atoms with Crippen LogP contribution in [0, 0.1) is 5.92 Å². The normalized spacial score (nSPS) is 17.0. The first-order valence-electron chi connectivity index (χ1n) is 8.04. The lowest BCUT2D eigenvalue weighted by Crippen LogP contribution is -2.40. The topological polar surface area (TPSA) is 70.2 Å². The molecule has 0 bridgehead atoms. The maximum atomic E-state index is 12.2. The van der Waals surface area contributed by atoms with Crippen LogP contribution in [0.1, 0.15) is 12.5 Å². The number of rotatable bonds is 4. The Labute approximate surface area is 142 Å². The van der Waals surface area contributed by atoms with Crippen molar-refractivity contribution >= 4 is 22.8 Å². The van der Waals surface area contributed by atoms with E-state index in [1.165, 1.54) is 4.90 Å². The first-order chi connectivity index (χ1) is 11.9. The van der Waals surface area contributed by atoms with Crippen LogP contribution in [0.3, 0.4) is 0 Å². The van der Waals surface area contributed by atoms with Crippen LogP contribution in [0.15, 0.2) is 18.5 Å². The predicted molar refractivity (Wildman–Crippen MR) is 86.4 cm³/mol. The van der Waals surface area contributed by atoms with Gasteiger partial charge in [0.2, 0.25) is 0 Å². The third kappa shape index (κ3) is 3.97. The average molecular weight is 356 g/mol. The molecule has 25 heavy (non-hydrogen) atoms. The SMILES string of the molecule is CCN(CC1CNc2cnc3[nH]ccc3c2C1)C(=O)OCC(F)(F)F. The quantitative estimate of drug-likeness (QED) is 0.883. The Morgan fingerprint density at radius 3 is 3.00 bits per heavy atom. The van der Waals surface area contributed by atoms with Gasteiger partial charge < -0.3 is 19.9 Å². The van der Waals surface area contributed by atoms with Crippen molar-refractivity contribution in [1.82, 2.24) is 14.9 Å². The lowest BCUT2D eigenvalue weighted by Gasteiger charge is -2.30. The van der Waals surface area contributed by atoms with Gasteiger partial charge in [0.1, 0.15) is 5.65 Å². The van der Waals surface area contributed by atoms with Gasteiger partial charge in [-0.2, -0.15) is 13.2 Å². The highest BCUT2D eigenvalue weighted by molar-refractivity contribution is 5.85. The highest BCUT2D eigenvalue weighted by Crippen LogP contribution is 2.30. The van der Waals surface area contributed by atoms with Gasteiger partial charge in [-0.3, -0.25) is 0 Å². The summed E-state index contributed by atoms with van der Waals surface area (Å²) in [7, 11) is 0. The Balaban J connectivity index is 1.66. The molecule has 136 valence electrons. The minimum atomic E-state index is -4.52. The molecular formula is C16H19F3N4O2. The van der Waals surface area contributed by atoms with Crippen LogP contribution in [0.4, 0.5) is 23.7 Å². The summed E-state index contributed by atoms with van der Waals surface area (Å²) in [5.41, 5.74) is 2.84. The van der Waals surface area contributed by atoms with Crippen LogP contribution in [0.25, 0.3) is 11.0 Å². The zero-order chi connectivity index (χ0) is 18.0. The first-order valence-corrected chi connectivity index (χ1v) is 8.04. The second kappa shape index (κ2) is 6.81. The molecule has 1 aliphatic heterocycles. The molecule has 0 saturated heterocycles. The van der Waals surface area contributed by atoms with Crippen molar-refractivity contribution in [1.29, 1.82) is 0 Å². The Morgan fingerprint density at radius 2 is 2.28 bits per heavy atom. The van der Waals surface area contributed by atoms with Crippen LogP contribution in [-0.2, 0) is 11.2 Å². The smallest absolute Gasteiger partial charge is 0.422 e. The van der Waals surface area contributed by atoms with Gasteiger partial charge in [0.15, 0.2) is 6.61 Å². The van der Waals surface area contributed by atoms with Gasteiger partial charge >= 0.3 is 12.3 Å². The maximum absolute atomic E-state index is 12.2. The third-order valence-electron chi connectivity index (χ3n) is 4.25. The summed E-state index contributed by atoms with van der Waals surface area (Å²) in [5.74, 6) is 0.0754. The van der Waals surface area contributed by atoms with E-state index in [9.17, 15) is 18.0 Å². The van der Waals surface area contributed by atoms with Crippen LogP contribution in [-0.4, -0.2) is 53.4 Å². The Bertz CT molecular complexity index is 759. The molecule has 2 aromatic heterocycles. The van der Waals surface area contributed by atoms with Gasteiger partial charge in [0.05, 0.1) is 11.9 Å². The van der Waals surface area contributed by atoms with Crippen LogP contribution in [0.5, 0.6) is 0 Å². The van der Waals surface area contributed by atoms with Crippen molar-refractivity contribution in [2.45, 2.75) is 19.5 Å². The molecule has 1 atom stereocenters. The molecule has 0 aliphatic carbocycles. The van der Waals surface area contributed by atoms with Crippen molar-refractivity contribution in [2.24, 2.45) is 5.92 Å². The lowest BCUT2D eigenvalue weighted by atomic mass is 9.92. The number of carbonyl (C=O) groups is 1. The molecule has 2 N–H and O–H groups in total. The standard InChI is InChI=1S/C16H19F3N4O2/c1-2-23(15(24)25-9-16(17,18)19)8-10-5-12-11-3-4-20-14(11)22-7-13(12)21-6-10/h3-4,7,10,21H,2,5-6,8-9H2,1H3,(H,20,22). The molecule has 3 heterocycles. The lowest BCUT2D eigenvalue weighted by molar-refractivity contribution is -0.162. The average Bonchev–Trinajstić information content (AvgIpc) is 3.06. The van der Waals surface area contributed by atoms with Gasteiger partial charge in [-0.25, -0.2) is 9.78 Å². The van der Waals surface area contributed by atoms with Crippen LogP contribution in [0.2, 0.25) is 0 Å². The molecule has 0 radical (unpaired) electrons.